The average molecular weight is 571 g/mol. The van der Waals surface area contributed by atoms with Crippen LogP contribution in [0.1, 0.15) is 24.3 Å². The maximum atomic E-state index is 5.01. The summed E-state index contributed by atoms with van der Waals surface area (Å²) in [6.45, 7) is 4.73. The zero-order valence-electron chi connectivity index (χ0n) is 23.7. The molecule has 9 rings (SSSR count). The predicted octanol–water partition coefficient (Wildman–Crippen LogP) is 9.82. The van der Waals surface area contributed by atoms with E-state index in [1.54, 1.807) is 0 Å². The second kappa shape index (κ2) is 8.93. The molecule has 1 aliphatic rings. The van der Waals surface area contributed by atoms with Crippen molar-refractivity contribution in [3.63, 3.8) is 0 Å². The lowest BCUT2D eigenvalue weighted by molar-refractivity contribution is 0.647. The van der Waals surface area contributed by atoms with Gasteiger partial charge in [-0.15, -0.1) is 11.3 Å². The van der Waals surface area contributed by atoms with Gasteiger partial charge in [-0.25, -0.2) is 15.0 Å². The van der Waals surface area contributed by atoms with Gasteiger partial charge in [0, 0.05) is 47.8 Å². The molecule has 0 saturated carbocycles. The minimum Gasteiger partial charge on any atom is -0.307 e. The smallest absolute Gasteiger partial charge is 0.164 e. The number of para-hydroxylation sites is 1. The number of thiophene rings is 1. The van der Waals surface area contributed by atoms with Crippen molar-refractivity contribution in [2.75, 3.05) is 0 Å². The number of benzene rings is 5. The van der Waals surface area contributed by atoms with Crippen molar-refractivity contribution < 1.29 is 0 Å². The molecule has 0 N–H and O–H groups in total. The zero-order valence-corrected chi connectivity index (χ0v) is 24.6. The van der Waals surface area contributed by atoms with Gasteiger partial charge in [0.05, 0.1) is 16.7 Å². The molecule has 0 spiro atoms. The molecule has 204 valence electrons. The highest BCUT2D eigenvalue weighted by Crippen LogP contribution is 2.52. The lowest BCUT2D eigenvalue weighted by atomic mass is 9.79. The Labute approximate surface area is 253 Å². The lowest BCUT2D eigenvalue weighted by Gasteiger charge is -2.32. The van der Waals surface area contributed by atoms with Crippen molar-refractivity contribution in [3.8, 4) is 39.9 Å². The Morgan fingerprint density at radius 1 is 0.558 bits per heavy atom. The lowest BCUT2D eigenvalue weighted by Crippen LogP contribution is -2.24. The van der Waals surface area contributed by atoms with Gasteiger partial charge in [-0.3, -0.25) is 0 Å². The number of nitrogens with zero attached hydrogens (tertiary/aromatic N) is 4. The molecule has 0 aliphatic carbocycles. The van der Waals surface area contributed by atoms with Crippen molar-refractivity contribution in [2.24, 2.45) is 0 Å². The Morgan fingerprint density at radius 3 is 1.86 bits per heavy atom. The normalized spacial score (nSPS) is 13.5. The van der Waals surface area contributed by atoms with Crippen LogP contribution in [0.4, 0.5) is 0 Å². The van der Waals surface area contributed by atoms with Crippen molar-refractivity contribution in [1.82, 2.24) is 19.5 Å². The molecule has 1 aliphatic heterocycles. The molecular formula is C38H26N4S. The second-order valence-electron chi connectivity index (χ2n) is 11.7. The maximum absolute atomic E-state index is 5.01. The molecule has 0 fully saturated rings. The van der Waals surface area contributed by atoms with Crippen LogP contribution in [0.3, 0.4) is 0 Å². The van der Waals surface area contributed by atoms with Crippen molar-refractivity contribution in [2.45, 2.75) is 19.3 Å². The van der Waals surface area contributed by atoms with E-state index in [0.717, 1.165) is 16.7 Å². The molecule has 43 heavy (non-hydrogen) atoms. The molecule has 4 heterocycles. The van der Waals surface area contributed by atoms with Crippen molar-refractivity contribution >= 4 is 43.2 Å². The van der Waals surface area contributed by atoms with Gasteiger partial charge >= 0.3 is 0 Å². The first kappa shape index (κ1) is 24.5. The summed E-state index contributed by atoms with van der Waals surface area (Å²) >= 11 is 1.92. The van der Waals surface area contributed by atoms with Crippen LogP contribution in [-0.2, 0) is 5.41 Å². The first-order chi connectivity index (χ1) is 21.1. The van der Waals surface area contributed by atoms with Gasteiger partial charge in [0.2, 0.25) is 0 Å². The van der Waals surface area contributed by atoms with E-state index in [4.69, 9.17) is 15.0 Å². The quantitative estimate of drug-likeness (QED) is 0.212. The van der Waals surface area contributed by atoms with Gasteiger partial charge in [-0.05, 0) is 29.8 Å². The van der Waals surface area contributed by atoms with Crippen LogP contribution in [-0.4, -0.2) is 19.5 Å². The number of fused-ring (bicyclic) bond motifs is 7. The van der Waals surface area contributed by atoms with Crippen LogP contribution in [0.2, 0.25) is 0 Å². The highest BCUT2D eigenvalue weighted by Gasteiger charge is 2.37. The van der Waals surface area contributed by atoms with E-state index in [0.29, 0.717) is 17.5 Å². The number of aromatic nitrogens is 4. The van der Waals surface area contributed by atoms with Crippen molar-refractivity contribution in [3.05, 3.63) is 132 Å². The minimum atomic E-state index is -0.102. The Bertz CT molecular complexity index is 2310. The molecule has 0 saturated heterocycles. The Morgan fingerprint density at radius 2 is 1.16 bits per heavy atom. The third-order valence-corrected chi connectivity index (χ3v) is 10.3. The monoisotopic (exact) mass is 570 g/mol. The van der Waals surface area contributed by atoms with Crippen LogP contribution >= 0.6 is 11.3 Å². The fourth-order valence-electron chi connectivity index (χ4n) is 6.68. The fourth-order valence-corrected chi connectivity index (χ4v) is 7.99. The van der Waals surface area contributed by atoms with E-state index in [1.165, 1.54) is 48.0 Å². The van der Waals surface area contributed by atoms with Gasteiger partial charge in [0.25, 0.3) is 0 Å². The highest BCUT2D eigenvalue weighted by molar-refractivity contribution is 7.19. The topological polar surface area (TPSA) is 43.6 Å². The van der Waals surface area contributed by atoms with Gasteiger partial charge in [0.1, 0.15) is 0 Å². The Kier molecular flexibility index (Phi) is 5.08. The first-order valence-corrected chi connectivity index (χ1v) is 15.4. The fraction of sp³-hybridized carbons (Fsp3) is 0.0789. The summed E-state index contributed by atoms with van der Waals surface area (Å²) in [4.78, 5) is 16.3. The average Bonchev–Trinajstić information content (AvgIpc) is 3.61. The zero-order chi connectivity index (χ0) is 28.7. The third-order valence-electron chi connectivity index (χ3n) is 8.78. The number of hydrogen-bond donors (Lipinski definition) is 0. The first-order valence-electron chi connectivity index (χ1n) is 14.6. The van der Waals surface area contributed by atoms with Crippen LogP contribution in [0, 0.1) is 0 Å². The summed E-state index contributed by atoms with van der Waals surface area (Å²) in [7, 11) is 0. The predicted molar refractivity (Wildman–Crippen MR) is 178 cm³/mol. The molecular weight excluding hydrogens is 545 g/mol. The van der Waals surface area contributed by atoms with Crippen LogP contribution in [0.25, 0.3) is 71.7 Å². The van der Waals surface area contributed by atoms with E-state index in [2.05, 4.69) is 79.1 Å². The summed E-state index contributed by atoms with van der Waals surface area (Å²) in [5.41, 5.74) is 7.98. The molecule has 0 amide bonds. The van der Waals surface area contributed by atoms with E-state index in [1.807, 2.05) is 72.0 Å². The molecule has 0 radical (unpaired) electrons. The number of hydrogen-bond acceptors (Lipinski definition) is 4. The Hall–Kier alpha value is -5.13. The molecule has 3 aromatic heterocycles. The number of rotatable bonds is 3. The molecule has 5 heteroatoms. The summed E-state index contributed by atoms with van der Waals surface area (Å²) < 4.78 is 3.83. The van der Waals surface area contributed by atoms with Gasteiger partial charge in [-0.1, -0.05) is 111 Å². The van der Waals surface area contributed by atoms with Gasteiger partial charge < -0.3 is 4.57 Å². The molecule has 5 aromatic carbocycles. The van der Waals surface area contributed by atoms with E-state index < -0.39 is 0 Å². The largest absolute Gasteiger partial charge is 0.307 e. The SMILES string of the molecule is CC1(C)c2sc3ccccc3c2-n2c3ccc(-c4nc(-c5ccccc5)nc(-c5ccccc5)n4)cc3c3cccc1c32. The summed E-state index contributed by atoms with van der Waals surface area (Å²) in [5.74, 6) is 2.01. The van der Waals surface area contributed by atoms with Crippen LogP contribution in [0.15, 0.2) is 121 Å². The third kappa shape index (κ3) is 3.52. The molecule has 8 aromatic rings. The summed E-state index contributed by atoms with van der Waals surface area (Å²) in [5, 5.41) is 3.77. The van der Waals surface area contributed by atoms with Crippen molar-refractivity contribution in [1.29, 1.82) is 0 Å². The van der Waals surface area contributed by atoms with Gasteiger partial charge in [0.15, 0.2) is 17.5 Å². The second-order valence-corrected chi connectivity index (χ2v) is 12.8. The summed E-state index contributed by atoms with van der Waals surface area (Å²) in [6.07, 6.45) is 0. The Balaban J connectivity index is 1.33. The molecule has 0 atom stereocenters. The standard InChI is InChI=1S/C38H26N4S/c1-38(2)29-18-11-17-26-28-22-25(20-21-30(28)42(32(26)29)33-27-16-9-10-19-31(27)43-34(33)38)37-40-35(23-12-5-3-6-13-23)39-36(41-37)24-14-7-4-8-15-24/h3-22H,1-2H3. The van der Waals surface area contributed by atoms with E-state index in [-0.39, 0.29) is 5.41 Å². The van der Waals surface area contributed by atoms with Crippen LogP contribution in [0.5, 0.6) is 0 Å². The van der Waals surface area contributed by atoms with E-state index in [9.17, 15) is 0 Å². The summed E-state index contributed by atoms with van der Waals surface area (Å²) in [6, 6.07) is 42.5. The molecule has 0 unspecified atom stereocenters. The highest BCUT2D eigenvalue weighted by atomic mass is 32.1. The molecule has 0 bridgehead atoms. The molecule has 4 nitrogen and oxygen atoms in total. The van der Waals surface area contributed by atoms with E-state index >= 15 is 0 Å². The minimum absolute atomic E-state index is 0.102. The van der Waals surface area contributed by atoms with Gasteiger partial charge in [-0.2, -0.15) is 0 Å². The maximum Gasteiger partial charge on any atom is 0.164 e. The van der Waals surface area contributed by atoms with Crippen LogP contribution < -0.4 is 0 Å².